The molecule has 0 aliphatic heterocycles. The Morgan fingerprint density at radius 2 is 1.76 bits per heavy atom. The molecule has 2 fully saturated rings. The zero-order valence-corrected chi connectivity index (χ0v) is 19.3. The van der Waals surface area contributed by atoms with Gasteiger partial charge in [0.2, 0.25) is 6.17 Å². The zero-order valence-electron chi connectivity index (χ0n) is 19.3. The third-order valence-electron chi connectivity index (χ3n) is 7.09. The highest BCUT2D eigenvalue weighted by Gasteiger charge is 2.42. The quantitative estimate of drug-likeness (QED) is 0.420. The van der Waals surface area contributed by atoms with E-state index in [4.69, 9.17) is 9.47 Å². The highest BCUT2D eigenvalue weighted by Crippen LogP contribution is 2.46. The Bertz CT molecular complexity index is 951. The van der Waals surface area contributed by atoms with Crippen LogP contribution in [-0.2, 0) is 9.53 Å². The maximum atomic E-state index is 14.7. The molecule has 2 atom stereocenters. The van der Waals surface area contributed by atoms with Crippen LogP contribution in [0.25, 0.3) is 0 Å². The molecule has 4 nitrogen and oxygen atoms in total. The summed E-state index contributed by atoms with van der Waals surface area (Å²) in [5.41, 5.74) is 1.52. The number of rotatable bonds is 9. The standard InChI is InChI=1S/C27H32F2O4/c1-31-21-12-13-24(28)23(15-21)18-8-6-17(7-9-18)16-33-22-5-3-4-20(14-22)25(19-10-11-19)26(29)27(30)32-2/h3-5,12-15,17-19,25-26H,6-11,16H2,1-2H3/t17?,18?,25-,26?/m0/s1. The van der Waals surface area contributed by atoms with Gasteiger partial charge >= 0.3 is 5.97 Å². The van der Waals surface area contributed by atoms with Gasteiger partial charge in [0.25, 0.3) is 0 Å². The molecule has 0 amide bonds. The number of methoxy groups -OCH3 is 2. The number of halogens is 2. The van der Waals surface area contributed by atoms with Gasteiger partial charge in [-0.25, -0.2) is 13.6 Å². The molecule has 0 N–H and O–H groups in total. The van der Waals surface area contributed by atoms with Gasteiger partial charge in [-0.15, -0.1) is 0 Å². The number of carbonyl (C=O) groups excluding carboxylic acids is 1. The molecule has 2 saturated carbocycles. The van der Waals surface area contributed by atoms with E-state index in [9.17, 15) is 13.6 Å². The molecule has 0 spiro atoms. The fraction of sp³-hybridized carbons (Fsp3) is 0.519. The SMILES string of the molecule is COC(=O)C(F)[C@H](c1cccc(OCC2CCC(c3cc(OC)ccc3F)CC2)c1)C1CC1. The van der Waals surface area contributed by atoms with Crippen molar-refractivity contribution in [3.8, 4) is 11.5 Å². The van der Waals surface area contributed by atoms with Gasteiger partial charge in [0.05, 0.1) is 20.8 Å². The topological polar surface area (TPSA) is 44.8 Å². The van der Waals surface area contributed by atoms with Crippen LogP contribution < -0.4 is 9.47 Å². The Balaban J connectivity index is 1.34. The molecule has 33 heavy (non-hydrogen) atoms. The van der Waals surface area contributed by atoms with Gasteiger partial charge in [0.1, 0.15) is 17.3 Å². The minimum atomic E-state index is -1.66. The molecule has 178 valence electrons. The third kappa shape index (κ3) is 5.66. The van der Waals surface area contributed by atoms with Crippen molar-refractivity contribution < 1.29 is 27.8 Å². The van der Waals surface area contributed by atoms with Crippen LogP contribution in [-0.4, -0.2) is 33.0 Å². The predicted molar refractivity (Wildman–Crippen MR) is 122 cm³/mol. The maximum absolute atomic E-state index is 14.7. The van der Waals surface area contributed by atoms with Gasteiger partial charge in [0.15, 0.2) is 0 Å². The van der Waals surface area contributed by atoms with Crippen molar-refractivity contribution in [3.63, 3.8) is 0 Å². The summed E-state index contributed by atoms with van der Waals surface area (Å²) in [6.45, 7) is 0.570. The summed E-state index contributed by atoms with van der Waals surface area (Å²) in [4.78, 5) is 11.8. The van der Waals surface area contributed by atoms with Crippen LogP contribution in [0.5, 0.6) is 11.5 Å². The monoisotopic (exact) mass is 458 g/mol. The van der Waals surface area contributed by atoms with Crippen molar-refractivity contribution in [2.45, 2.75) is 56.5 Å². The van der Waals surface area contributed by atoms with Gasteiger partial charge in [-0.3, -0.25) is 0 Å². The molecule has 1 unspecified atom stereocenters. The van der Waals surface area contributed by atoms with E-state index in [-0.39, 0.29) is 17.7 Å². The van der Waals surface area contributed by atoms with Crippen LogP contribution in [0.2, 0.25) is 0 Å². The molecule has 0 aromatic heterocycles. The van der Waals surface area contributed by atoms with Crippen LogP contribution in [0, 0.1) is 17.7 Å². The average Bonchev–Trinajstić information content (AvgIpc) is 3.68. The molecule has 2 aromatic carbocycles. The third-order valence-corrected chi connectivity index (χ3v) is 7.09. The zero-order chi connectivity index (χ0) is 23.4. The molecular formula is C27H32F2O4. The van der Waals surface area contributed by atoms with Crippen molar-refractivity contribution in [3.05, 3.63) is 59.4 Å². The molecule has 0 saturated heterocycles. The van der Waals surface area contributed by atoms with Gasteiger partial charge in [-0.2, -0.15) is 0 Å². The number of carbonyl (C=O) groups is 1. The molecular weight excluding hydrogens is 426 g/mol. The van der Waals surface area contributed by atoms with Crippen LogP contribution in [0.1, 0.15) is 61.5 Å². The molecule has 4 rings (SSSR count). The van der Waals surface area contributed by atoms with E-state index in [0.717, 1.165) is 49.7 Å². The fourth-order valence-corrected chi connectivity index (χ4v) is 5.02. The van der Waals surface area contributed by atoms with E-state index < -0.39 is 18.1 Å². The normalized spacial score (nSPS) is 22.3. The minimum absolute atomic E-state index is 0.168. The first-order valence-corrected chi connectivity index (χ1v) is 11.8. The van der Waals surface area contributed by atoms with Crippen LogP contribution >= 0.6 is 0 Å². The number of benzene rings is 2. The first-order chi connectivity index (χ1) is 16.0. The van der Waals surface area contributed by atoms with Crippen molar-refractivity contribution in [2.75, 3.05) is 20.8 Å². The van der Waals surface area contributed by atoms with Gasteiger partial charge in [-0.05, 0) is 97.7 Å². The van der Waals surface area contributed by atoms with E-state index in [2.05, 4.69) is 4.74 Å². The Kier molecular flexibility index (Phi) is 7.51. The lowest BCUT2D eigenvalue weighted by atomic mass is 9.79. The van der Waals surface area contributed by atoms with Crippen molar-refractivity contribution in [1.29, 1.82) is 0 Å². The Labute approximate surface area is 194 Å². The summed E-state index contributed by atoms with van der Waals surface area (Å²) in [6, 6.07) is 12.4. The second-order valence-electron chi connectivity index (χ2n) is 9.28. The number of esters is 1. The fourth-order valence-electron chi connectivity index (χ4n) is 5.02. The maximum Gasteiger partial charge on any atom is 0.341 e. The number of hydrogen-bond acceptors (Lipinski definition) is 4. The highest BCUT2D eigenvalue weighted by atomic mass is 19.1. The lowest BCUT2D eigenvalue weighted by molar-refractivity contribution is -0.147. The molecule has 6 heteroatoms. The summed E-state index contributed by atoms with van der Waals surface area (Å²) < 4.78 is 45.0. The Hall–Kier alpha value is -2.63. The number of hydrogen-bond donors (Lipinski definition) is 0. The summed E-state index contributed by atoms with van der Waals surface area (Å²) >= 11 is 0. The first kappa shape index (κ1) is 23.5. The first-order valence-electron chi connectivity index (χ1n) is 11.8. The average molecular weight is 459 g/mol. The van der Waals surface area contributed by atoms with Gasteiger partial charge in [-0.1, -0.05) is 12.1 Å². The lowest BCUT2D eigenvalue weighted by Gasteiger charge is -2.29. The van der Waals surface area contributed by atoms with E-state index in [0.29, 0.717) is 24.0 Å². The predicted octanol–water partition coefficient (Wildman–Crippen LogP) is 6.19. The molecule has 0 bridgehead atoms. The van der Waals surface area contributed by atoms with E-state index >= 15 is 0 Å². The molecule has 2 aliphatic rings. The summed E-state index contributed by atoms with van der Waals surface area (Å²) in [7, 11) is 2.81. The van der Waals surface area contributed by atoms with Crippen LogP contribution in [0.15, 0.2) is 42.5 Å². The van der Waals surface area contributed by atoms with Crippen LogP contribution in [0.4, 0.5) is 8.78 Å². The molecule has 0 radical (unpaired) electrons. The number of alkyl halides is 1. The largest absolute Gasteiger partial charge is 0.497 e. The second kappa shape index (κ2) is 10.5. The van der Waals surface area contributed by atoms with Gasteiger partial charge < -0.3 is 14.2 Å². The summed E-state index contributed by atoms with van der Waals surface area (Å²) in [5.74, 6) is 0.648. The minimum Gasteiger partial charge on any atom is -0.497 e. The summed E-state index contributed by atoms with van der Waals surface area (Å²) in [5, 5.41) is 0. The smallest absolute Gasteiger partial charge is 0.341 e. The second-order valence-corrected chi connectivity index (χ2v) is 9.28. The van der Waals surface area contributed by atoms with Crippen molar-refractivity contribution in [2.24, 2.45) is 11.8 Å². The molecule has 2 aliphatic carbocycles. The Morgan fingerprint density at radius 1 is 1.00 bits per heavy atom. The van der Waals surface area contributed by atoms with Gasteiger partial charge in [0, 0.05) is 5.92 Å². The number of ether oxygens (including phenoxy) is 3. The lowest BCUT2D eigenvalue weighted by Crippen LogP contribution is -2.26. The molecule has 0 heterocycles. The van der Waals surface area contributed by atoms with Crippen LogP contribution in [0.3, 0.4) is 0 Å². The van der Waals surface area contributed by atoms with Crippen molar-refractivity contribution in [1.82, 2.24) is 0 Å². The van der Waals surface area contributed by atoms with E-state index in [1.807, 2.05) is 30.3 Å². The van der Waals surface area contributed by atoms with Crippen molar-refractivity contribution >= 4 is 5.97 Å². The highest BCUT2D eigenvalue weighted by molar-refractivity contribution is 5.76. The van der Waals surface area contributed by atoms with E-state index in [1.54, 1.807) is 13.2 Å². The van der Waals surface area contributed by atoms with E-state index in [1.165, 1.54) is 13.2 Å². The summed E-state index contributed by atoms with van der Waals surface area (Å²) in [6.07, 6.45) is 3.91. The molecule has 2 aromatic rings. The Morgan fingerprint density at radius 3 is 2.42 bits per heavy atom.